The van der Waals surface area contributed by atoms with E-state index in [9.17, 15) is 13.6 Å². The van der Waals surface area contributed by atoms with Crippen molar-refractivity contribution >= 4 is 5.91 Å². The molecule has 0 heterocycles. The molecule has 2 aromatic carbocycles. The first kappa shape index (κ1) is 21.5. The molecule has 0 saturated heterocycles. The fraction of sp³-hybridized carbons (Fsp3) is 0.423. The molecule has 1 amide bonds. The second-order valence-electron chi connectivity index (χ2n) is 8.75. The van der Waals surface area contributed by atoms with Gasteiger partial charge in [0, 0.05) is 34.8 Å². The second kappa shape index (κ2) is 9.62. The lowest BCUT2D eigenvalue weighted by Gasteiger charge is -2.34. The van der Waals surface area contributed by atoms with Crippen molar-refractivity contribution in [2.75, 3.05) is 6.54 Å². The van der Waals surface area contributed by atoms with Crippen molar-refractivity contribution in [1.82, 2.24) is 10.6 Å². The molecule has 0 unspecified atom stereocenters. The SMILES string of the molecule is O=C(NCC1(NC2CC2)CCCCCC1)c1ccc(C#Cc2ccc(F)c(F)c2)cc1. The van der Waals surface area contributed by atoms with E-state index in [-0.39, 0.29) is 11.4 Å². The summed E-state index contributed by atoms with van der Waals surface area (Å²) < 4.78 is 26.3. The third-order valence-electron chi connectivity index (χ3n) is 6.15. The van der Waals surface area contributed by atoms with Crippen LogP contribution in [0.3, 0.4) is 0 Å². The quantitative estimate of drug-likeness (QED) is 0.529. The lowest BCUT2D eigenvalue weighted by molar-refractivity contribution is 0.0934. The molecule has 2 N–H and O–H groups in total. The van der Waals surface area contributed by atoms with Crippen LogP contribution in [0, 0.1) is 23.5 Å². The standard InChI is InChI=1S/C26H28F2N2O/c27-23-14-9-20(17-24(23)28)6-5-19-7-10-21(11-8-19)25(31)29-18-26(30-22-12-13-22)15-3-1-2-4-16-26/h7-11,14,17,22,30H,1-4,12-13,15-16,18H2,(H,29,31). The van der Waals surface area contributed by atoms with Crippen molar-refractivity contribution in [2.45, 2.75) is 62.9 Å². The Balaban J connectivity index is 1.37. The van der Waals surface area contributed by atoms with Gasteiger partial charge in [0.05, 0.1) is 0 Å². The number of rotatable bonds is 5. The molecule has 4 rings (SSSR count). The molecule has 0 atom stereocenters. The summed E-state index contributed by atoms with van der Waals surface area (Å²) in [5.41, 5.74) is 1.71. The van der Waals surface area contributed by atoms with Crippen LogP contribution in [0.4, 0.5) is 8.78 Å². The Bertz CT molecular complexity index is 979. The molecule has 3 nitrogen and oxygen atoms in total. The molecular formula is C26H28F2N2O. The topological polar surface area (TPSA) is 41.1 Å². The summed E-state index contributed by atoms with van der Waals surface area (Å²) >= 11 is 0. The first-order valence-corrected chi connectivity index (χ1v) is 11.2. The normalized spacial score (nSPS) is 17.9. The number of hydrogen-bond acceptors (Lipinski definition) is 2. The monoisotopic (exact) mass is 422 g/mol. The van der Waals surface area contributed by atoms with Crippen LogP contribution in [-0.4, -0.2) is 24.0 Å². The van der Waals surface area contributed by atoms with E-state index in [4.69, 9.17) is 0 Å². The van der Waals surface area contributed by atoms with E-state index >= 15 is 0 Å². The van der Waals surface area contributed by atoms with Gasteiger partial charge in [0.15, 0.2) is 11.6 Å². The Morgan fingerprint density at radius 2 is 1.55 bits per heavy atom. The molecule has 2 fully saturated rings. The van der Waals surface area contributed by atoms with Crippen molar-refractivity contribution in [2.24, 2.45) is 0 Å². The molecule has 0 bridgehead atoms. The van der Waals surface area contributed by atoms with Crippen molar-refractivity contribution in [3.05, 3.63) is 70.8 Å². The number of carbonyl (C=O) groups is 1. The highest BCUT2D eigenvalue weighted by molar-refractivity contribution is 5.94. The lowest BCUT2D eigenvalue weighted by Crippen LogP contribution is -2.54. The minimum atomic E-state index is -0.915. The van der Waals surface area contributed by atoms with E-state index < -0.39 is 11.6 Å². The zero-order valence-electron chi connectivity index (χ0n) is 17.6. The molecule has 5 heteroatoms. The summed E-state index contributed by atoms with van der Waals surface area (Å²) in [5.74, 6) is 3.85. The molecule has 2 aliphatic rings. The molecule has 2 aliphatic carbocycles. The third kappa shape index (κ3) is 5.92. The van der Waals surface area contributed by atoms with Gasteiger partial charge >= 0.3 is 0 Å². The molecule has 0 aliphatic heterocycles. The summed E-state index contributed by atoms with van der Waals surface area (Å²) in [6.45, 7) is 0.653. The molecule has 0 spiro atoms. The van der Waals surface area contributed by atoms with Gasteiger partial charge in [-0.3, -0.25) is 4.79 Å². The number of nitrogens with one attached hydrogen (secondary N) is 2. The van der Waals surface area contributed by atoms with Crippen molar-refractivity contribution < 1.29 is 13.6 Å². The Morgan fingerprint density at radius 3 is 2.19 bits per heavy atom. The first-order valence-electron chi connectivity index (χ1n) is 11.2. The van der Waals surface area contributed by atoms with Crippen molar-refractivity contribution in [1.29, 1.82) is 0 Å². The smallest absolute Gasteiger partial charge is 0.251 e. The summed E-state index contributed by atoms with van der Waals surface area (Å²) in [6, 6.07) is 11.2. The van der Waals surface area contributed by atoms with E-state index in [1.54, 1.807) is 24.3 Å². The fourth-order valence-electron chi connectivity index (χ4n) is 4.21. The Morgan fingerprint density at radius 1 is 0.903 bits per heavy atom. The summed E-state index contributed by atoms with van der Waals surface area (Å²) in [6.07, 6.45) is 9.67. The van der Waals surface area contributed by atoms with Crippen LogP contribution in [0.25, 0.3) is 0 Å². The van der Waals surface area contributed by atoms with E-state index in [0.29, 0.717) is 29.3 Å². The van der Waals surface area contributed by atoms with Crippen LogP contribution < -0.4 is 10.6 Å². The number of halogens is 2. The zero-order valence-corrected chi connectivity index (χ0v) is 17.6. The van der Waals surface area contributed by atoms with Crippen LogP contribution in [0.1, 0.15) is 72.9 Å². The van der Waals surface area contributed by atoms with Gasteiger partial charge in [-0.25, -0.2) is 8.78 Å². The van der Waals surface area contributed by atoms with Crippen LogP contribution in [0.5, 0.6) is 0 Å². The van der Waals surface area contributed by atoms with E-state index in [2.05, 4.69) is 22.5 Å². The van der Waals surface area contributed by atoms with Gasteiger partial charge in [0.1, 0.15) is 0 Å². The Kier molecular flexibility index (Phi) is 6.67. The van der Waals surface area contributed by atoms with Gasteiger partial charge in [0.25, 0.3) is 5.91 Å². The highest BCUT2D eigenvalue weighted by atomic mass is 19.2. The molecular weight excluding hydrogens is 394 g/mol. The highest BCUT2D eigenvalue weighted by Crippen LogP contribution is 2.31. The predicted octanol–water partition coefficient (Wildman–Crippen LogP) is 4.94. The summed E-state index contributed by atoms with van der Waals surface area (Å²) in [7, 11) is 0. The van der Waals surface area contributed by atoms with Crippen molar-refractivity contribution in [3.8, 4) is 11.8 Å². The Labute approximate surface area is 182 Å². The zero-order chi connectivity index (χ0) is 21.7. The van der Waals surface area contributed by atoms with Gasteiger partial charge in [-0.1, -0.05) is 37.5 Å². The number of amides is 1. The van der Waals surface area contributed by atoms with Gasteiger partial charge in [-0.05, 0) is 68.1 Å². The van der Waals surface area contributed by atoms with E-state index in [0.717, 1.165) is 25.0 Å². The molecule has 31 heavy (non-hydrogen) atoms. The minimum absolute atomic E-state index is 0.0170. The molecule has 2 saturated carbocycles. The maximum atomic E-state index is 13.3. The van der Waals surface area contributed by atoms with Crippen LogP contribution in [-0.2, 0) is 0 Å². The third-order valence-corrected chi connectivity index (χ3v) is 6.15. The molecule has 0 aromatic heterocycles. The number of hydrogen-bond donors (Lipinski definition) is 2. The van der Waals surface area contributed by atoms with Crippen LogP contribution in [0.15, 0.2) is 42.5 Å². The average Bonchev–Trinajstić information content (AvgIpc) is 3.61. The summed E-state index contributed by atoms with van der Waals surface area (Å²) in [4.78, 5) is 12.7. The van der Waals surface area contributed by atoms with Crippen LogP contribution >= 0.6 is 0 Å². The maximum Gasteiger partial charge on any atom is 0.251 e. The van der Waals surface area contributed by atoms with E-state index in [1.807, 2.05) is 0 Å². The second-order valence-corrected chi connectivity index (χ2v) is 8.75. The Hall–Kier alpha value is -2.71. The minimum Gasteiger partial charge on any atom is -0.350 e. The van der Waals surface area contributed by atoms with E-state index in [1.165, 1.54) is 44.6 Å². The number of benzene rings is 2. The lowest BCUT2D eigenvalue weighted by atomic mass is 9.89. The largest absolute Gasteiger partial charge is 0.350 e. The molecule has 162 valence electrons. The molecule has 2 aromatic rings. The fourth-order valence-corrected chi connectivity index (χ4v) is 4.21. The van der Waals surface area contributed by atoms with Crippen molar-refractivity contribution in [3.63, 3.8) is 0 Å². The highest BCUT2D eigenvalue weighted by Gasteiger charge is 2.36. The van der Waals surface area contributed by atoms with Gasteiger partial charge < -0.3 is 10.6 Å². The van der Waals surface area contributed by atoms with Gasteiger partial charge in [-0.15, -0.1) is 0 Å². The average molecular weight is 423 g/mol. The maximum absolute atomic E-state index is 13.3. The van der Waals surface area contributed by atoms with Crippen LogP contribution in [0.2, 0.25) is 0 Å². The molecule has 0 radical (unpaired) electrons. The summed E-state index contributed by atoms with van der Waals surface area (Å²) in [5, 5.41) is 6.96. The first-order chi connectivity index (χ1) is 15.0. The predicted molar refractivity (Wildman–Crippen MR) is 118 cm³/mol. The number of carbonyl (C=O) groups excluding carboxylic acids is 1. The van der Waals surface area contributed by atoms with Gasteiger partial charge in [0.2, 0.25) is 0 Å². The van der Waals surface area contributed by atoms with Gasteiger partial charge in [-0.2, -0.15) is 0 Å².